The molecule has 5 nitrogen and oxygen atoms in total. The van der Waals surface area contributed by atoms with Gasteiger partial charge in [0, 0.05) is 6.20 Å². The molecule has 6 heteroatoms. The van der Waals surface area contributed by atoms with Gasteiger partial charge in [-0.25, -0.2) is 14.2 Å². The first-order chi connectivity index (χ1) is 10.0. The third-order valence-electron chi connectivity index (χ3n) is 2.80. The van der Waals surface area contributed by atoms with Crippen LogP contribution in [-0.4, -0.2) is 24.0 Å². The van der Waals surface area contributed by atoms with Crippen LogP contribution in [0.2, 0.25) is 0 Å². The summed E-state index contributed by atoms with van der Waals surface area (Å²) in [5.74, 6) is -1.98. The number of nitrogens with one attached hydrogen (secondary N) is 1. The van der Waals surface area contributed by atoms with Gasteiger partial charge in [0.25, 0.3) is 5.91 Å². The quantitative estimate of drug-likeness (QED) is 0.881. The molecule has 0 saturated heterocycles. The maximum atomic E-state index is 13.7. The maximum Gasteiger partial charge on any atom is 0.358 e. The van der Waals surface area contributed by atoms with Crippen LogP contribution in [0.25, 0.3) is 0 Å². The molecule has 0 atom stereocenters. The molecule has 2 aromatic rings. The zero-order valence-corrected chi connectivity index (χ0v) is 11.5. The van der Waals surface area contributed by atoms with E-state index in [1.807, 2.05) is 0 Å². The Morgan fingerprint density at radius 2 is 2.05 bits per heavy atom. The van der Waals surface area contributed by atoms with Gasteiger partial charge < -0.3 is 10.1 Å². The van der Waals surface area contributed by atoms with Crippen LogP contribution in [0.5, 0.6) is 0 Å². The number of nitrogens with zero attached hydrogens (tertiary/aromatic N) is 1. The summed E-state index contributed by atoms with van der Waals surface area (Å²) in [7, 11) is 1.21. The Kier molecular flexibility index (Phi) is 4.27. The molecule has 0 aliphatic carbocycles. The first-order valence-electron chi connectivity index (χ1n) is 6.13. The molecule has 1 N–H and O–H groups in total. The molecule has 0 fully saturated rings. The van der Waals surface area contributed by atoms with Gasteiger partial charge in [-0.15, -0.1) is 0 Å². The Morgan fingerprint density at radius 3 is 2.76 bits per heavy atom. The number of hydrogen-bond donors (Lipinski definition) is 1. The molecule has 0 bridgehead atoms. The first-order valence-corrected chi connectivity index (χ1v) is 6.13. The number of methoxy groups -OCH3 is 1. The lowest BCUT2D eigenvalue weighted by Gasteiger charge is -2.09. The number of ether oxygens (including phenoxy) is 1. The van der Waals surface area contributed by atoms with Crippen molar-refractivity contribution in [3.05, 3.63) is 59.2 Å². The average molecular weight is 288 g/mol. The summed E-state index contributed by atoms with van der Waals surface area (Å²) in [6.45, 7) is 1.75. The van der Waals surface area contributed by atoms with Gasteiger partial charge in [-0.05, 0) is 31.2 Å². The molecule has 0 aliphatic heterocycles. The number of rotatable bonds is 3. The molecule has 0 aliphatic rings. The fourth-order valence-corrected chi connectivity index (χ4v) is 1.77. The zero-order chi connectivity index (χ0) is 15.4. The molecule has 2 rings (SSSR count). The minimum atomic E-state index is -0.685. The smallest absolute Gasteiger partial charge is 0.358 e. The number of carbonyl (C=O) groups is 2. The Morgan fingerprint density at radius 1 is 1.29 bits per heavy atom. The van der Waals surface area contributed by atoms with Gasteiger partial charge in [0.2, 0.25) is 0 Å². The van der Waals surface area contributed by atoms with Gasteiger partial charge in [-0.3, -0.25) is 4.79 Å². The van der Waals surface area contributed by atoms with Crippen LogP contribution in [0.15, 0.2) is 36.5 Å². The number of anilines is 1. The van der Waals surface area contributed by atoms with E-state index in [0.29, 0.717) is 0 Å². The normalized spacial score (nSPS) is 10.0. The lowest BCUT2D eigenvalue weighted by atomic mass is 10.1. The van der Waals surface area contributed by atoms with Crippen molar-refractivity contribution >= 4 is 17.6 Å². The molecule has 0 spiro atoms. The minimum Gasteiger partial charge on any atom is -0.464 e. The number of amides is 1. The van der Waals surface area contributed by atoms with E-state index in [1.54, 1.807) is 19.1 Å². The van der Waals surface area contributed by atoms with Crippen molar-refractivity contribution in [1.29, 1.82) is 0 Å². The second-order valence-corrected chi connectivity index (χ2v) is 4.33. The van der Waals surface area contributed by atoms with E-state index >= 15 is 0 Å². The van der Waals surface area contributed by atoms with E-state index in [9.17, 15) is 14.0 Å². The second-order valence-electron chi connectivity index (χ2n) is 4.33. The van der Waals surface area contributed by atoms with Gasteiger partial charge in [-0.1, -0.05) is 11.6 Å². The van der Waals surface area contributed by atoms with E-state index in [-0.39, 0.29) is 16.9 Å². The van der Waals surface area contributed by atoms with Gasteiger partial charge in [0.1, 0.15) is 5.82 Å². The Hall–Kier alpha value is -2.76. The van der Waals surface area contributed by atoms with Crippen LogP contribution in [0.1, 0.15) is 26.4 Å². The molecule has 0 radical (unpaired) electrons. The van der Waals surface area contributed by atoms with Gasteiger partial charge in [0.05, 0.1) is 18.4 Å². The maximum absolute atomic E-state index is 13.7. The summed E-state index contributed by atoms with van der Waals surface area (Å²) < 4.78 is 18.3. The standard InChI is InChI=1S/C15H13FN2O3/c1-9-5-6-11(16)10(8-9)14(19)18-12-4-3-7-17-13(12)15(20)21-2/h3-8H,1-2H3,(H,18,19). The van der Waals surface area contributed by atoms with Crippen molar-refractivity contribution in [1.82, 2.24) is 4.98 Å². The minimum absolute atomic E-state index is 0.0404. The Labute approximate surface area is 120 Å². The average Bonchev–Trinajstić information content (AvgIpc) is 2.49. The van der Waals surface area contributed by atoms with E-state index in [4.69, 9.17) is 0 Å². The number of aryl methyl sites for hydroxylation is 1. The molecule has 21 heavy (non-hydrogen) atoms. The molecular formula is C15H13FN2O3. The topological polar surface area (TPSA) is 68.3 Å². The second kappa shape index (κ2) is 6.13. The highest BCUT2D eigenvalue weighted by Crippen LogP contribution is 2.16. The fraction of sp³-hybridized carbons (Fsp3) is 0.133. The molecule has 1 aromatic carbocycles. The van der Waals surface area contributed by atoms with Crippen LogP contribution in [0.4, 0.5) is 10.1 Å². The van der Waals surface area contributed by atoms with E-state index in [2.05, 4.69) is 15.0 Å². The van der Waals surface area contributed by atoms with E-state index in [0.717, 1.165) is 5.56 Å². The van der Waals surface area contributed by atoms with Gasteiger partial charge >= 0.3 is 5.97 Å². The number of hydrogen-bond acceptors (Lipinski definition) is 4. The fourth-order valence-electron chi connectivity index (χ4n) is 1.77. The SMILES string of the molecule is COC(=O)c1ncccc1NC(=O)c1cc(C)ccc1F. The third-order valence-corrected chi connectivity index (χ3v) is 2.80. The van der Waals surface area contributed by atoms with Crippen LogP contribution in [0, 0.1) is 12.7 Å². The van der Waals surface area contributed by atoms with Crippen LogP contribution >= 0.6 is 0 Å². The molecular weight excluding hydrogens is 275 g/mol. The van der Waals surface area contributed by atoms with Crippen molar-refractivity contribution in [2.75, 3.05) is 12.4 Å². The predicted octanol–water partition coefficient (Wildman–Crippen LogP) is 2.57. The lowest BCUT2D eigenvalue weighted by molar-refractivity contribution is 0.0595. The number of esters is 1. The molecule has 0 unspecified atom stereocenters. The molecule has 1 aromatic heterocycles. The summed E-state index contributed by atoms with van der Waals surface area (Å²) in [6.07, 6.45) is 1.40. The number of benzene rings is 1. The summed E-state index contributed by atoms with van der Waals surface area (Å²) in [5, 5.41) is 2.47. The number of carbonyl (C=O) groups excluding carboxylic acids is 2. The molecule has 1 amide bonds. The first kappa shape index (κ1) is 14.6. The summed E-state index contributed by atoms with van der Waals surface area (Å²) >= 11 is 0. The Balaban J connectivity index is 2.32. The van der Waals surface area contributed by atoms with Crippen LogP contribution < -0.4 is 5.32 Å². The summed E-state index contributed by atoms with van der Waals surface area (Å²) in [6, 6.07) is 7.25. The van der Waals surface area contributed by atoms with Crippen molar-refractivity contribution in [2.24, 2.45) is 0 Å². The Bertz CT molecular complexity index is 701. The molecule has 1 heterocycles. The highest BCUT2D eigenvalue weighted by atomic mass is 19.1. The van der Waals surface area contributed by atoms with Crippen LogP contribution in [-0.2, 0) is 4.74 Å². The number of pyridine rings is 1. The van der Waals surface area contributed by atoms with Crippen molar-refractivity contribution < 1.29 is 18.7 Å². The molecule has 0 saturated carbocycles. The van der Waals surface area contributed by atoms with Crippen molar-refractivity contribution in [3.8, 4) is 0 Å². The predicted molar refractivity (Wildman–Crippen MR) is 74.7 cm³/mol. The van der Waals surface area contributed by atoms with Crippen LogP contribution in [0.3, 0.4) is 0 Å². The largest absolute Gasteiger partial charge is 0.464 e. The van der Waals surface area contributed by atoms with Gasteiger partial charge in [-0.2, -0.15) is 0 Å². The van der Waals surface area contributed by atoms with Crippen molar-refractivity contribution in [3.63, 3.8) is 0 Å². The monoisotopic (exact) mass is 288 g/mol. The van der Waals surface area contributed by atoms with Gasteiger partial charge in [0.15, 0.2) is 5.69 Å². The highest BCUT2D eigenvalue weighted by molar-refractivity contribution is 6.07. The van der Waals surface area contributed by atoms with E-state index in [1.165, 1.54) is 31.5 Å². The number of aromatic nitrogens is 1. The summed E-state index contributed by atoms with van der Waals surface area (Å²) in [4.78, 5) is 27.5. The van der Waals surface area contributed by atoms with Crippen molar-refractivity contribution in [2.45, 2.75) is 6.92 Å². The molecule has 108 valence electrons. The number of halogens is 1. The zero-order valence-electron chi connectivity index (χ0n) is 11.5. The summed E-state index contributed by atoms with van der Waals surface area (Å²) in [5.41, 5.74) is 0.771. The van der Waals surface area contributed by atoms with E-state index < -0.39 is 17.7 Å². The lowest BCUT2D eigenvalue weighted by Crippen LogP contribution is -2.17. The highest BCUT2D eigenvalue weighted by Gasteiger charge is 2.17. The third kappa shape index (κ3) is 3.22.